The normalized spacial score (nSPS) is 16.0. The molecule has 22 heavy (non-hydrogen) atoms. The molecule has 1 aromatic heterocycles. The van der Waals surface area contributed by atoms with E-state index in [2.05, 4.69) is 41.9 Å². The Kier molecular flexibility index (Phi) is 4.43. The van der Waals surface area contributed by atoms with E-state index in [-0.39, 0.29) is 11.8 Å². The van der Waals surface area contributed by atoms with Crippen LogP contribution in [0.4, 0.5) is 5.13 Å². The number of amides is 1. The van der Waals surface area contributed by atoms with Crippen LogP contribution < -0.4 is 10.2 Å². The van der Waals surface area contributed by atoms with Crippen LogP contribution in [0.2, 0.25) is 0 Å². The Morgan fingerprint density at radius 2 is 2.27 bits per heavy atom. The van der Waals surface area contributed by atoms with Gasteiger partial charge in [-0.15, -0.1) is 6.58 Å². The van der Waals surface area contributed by atoms with E-state index in [0.29, 0.717) is 6.54 Å². The maximum absolute atomic E-state index is 12.0. The van der Waals surface area contributed by atoms with Gasteiger partial charge >= 0.3 is 0 Å². The van der Waals surface area contributed by atoms with Crippen LogP contribution >= 0.6 is 11.3 Å². The fourth-order valence-corrected chi connectivity index (χ4v) is 3.92. The molecule has 2 aromatic rings. The summed E-state index contributed by atoms with van der Waals surface area (Å²) < 4.78 is 1.24. The van der Waals surface area contributed by atoms with Gasteiger partial charge in [0.05, 0.1) is 10.2 Å². The Morgan fingerprint density at radius 1 is 1.50 bits per heavy atom. The SMILES string of the molecule is C=CCNC(=O)C1CCN(c2nc3ccc(C)cc3s2)CC1. The molecule has 0 bridgehead atoms. The van der Waals surface area contributed by atoms with Crippen molar-refractivity contribution >= 4 is 32.6 Å². The summed E-state index contributed by atoms with van der Waals surface area (Å²) in [5.41, 5.74) is 2.33. The number of carbonyl (C=O) groups excluding carboxylic acids is 1. The molecule has 0 saturated carbocycles. The molecule has 1 aromatic carbocycles. The second-order valence-corrected chi connectivity index (χ2v) is 6.77. The summed E-state index contributed by atoms with van der Waals surface area (Å²) in [4.78, 5) is 19.0. The van der Waals surface area contributed by atoms with Crippen molar-refractivity contribution in [2.75, 3.05) is 24.5 Å². The zero-order chi connectivity index (χ0) is 15.5. The smallest absolute Gasteiger partial charge is 0.223 e. The van der Waals surface area contributed by atoms with Crippen molar-refractivity contribution in [2.45, 2.75) is 19.8 Å². The second-order valence-electron chi connectivity index (χ2n) is 5.76. The zero-order valence-corrected chi connectivity index (χ0v) is 13.7. The molecule has 116 valence electrons. The van der Waals surface area contributed by atoms with Crippen LogP contribution in [-0.2, 0) is 4.79 Å². The number of carbonyl (C=O) groups is 1. The van der Waals surface area contributed by atoms with E-state index in [0.717, 1.165) is 36.6 Å². The minimum absolute atomic E-state index is 0.118. The van der Waals surface area contributed by atoms with Gasteiger partial charge in [0.2, 0.25) is 5.91 Å². The molecule has 0 unspecified atom stereocenters. The zero-order valence-electron chi connectivity index (χ0n) is 12.8. The Hall–Kier alpha value is -1.88. The van der Waals surface area contributed by atoms with Crippen LogP contribution in [0.1, 0.15) is 18.4 Å². The lowest BCUT2D eigenvalue weighted by atomic mass is 9.96. The van der Waals surface area contributed by atoms with Gasteiger partial charge in [-0.3, -0.25) is 4.79 Å². The van der Waals surface area contributed by atoms with Gasteiger partial charge in [0.1, 0.15) is 0 Å². The van der Waals surface area contributed by atoms with Gasteiger partial charge in [-0.05, 0) is 37.5 Å². The largest absolute Gasteiger partial charge is 0.352 e. The molecule has 2 heterocycles. The number of benzene rings is 1. The lowest BCUT2D eigenvalue weighted by molar-refractivity contribution is -0.125. The van der Waals surface area contributed by atoms with E-state index in [1.807, 2.05) is 0 Å². The van der Waals surface area contributed by atoms with Gasteiger partial charge in [-0.2, -0.15) is 0 Å². The molecule has 0 radical (unpaired) electrons. The summed E-state index contributed by atoms with van der Waals surface area (Å²) in [6.45, 7) is 8.07. The van der Waals surface area contributed by atoms with Crippen LogP contribution in [-0.4, -0.2) is 30.5 Å². The fourth-order valence-electron chi connectivity index (χ4n) is 2.80. The van der Waals surface area contributed by atoms with Crippen LogP contribution in [0, 0.1) is 12.8 Å². The number of fused-ring (bicyclic) bond motifs is 1. The fraction of sp³-hybridized carbons (Fsp3) is 0.412. The van der Waals surface area contributed by atoms with Gasteiger partial charge in [-0.25, -0.2) is 4.98 Å². The number of rotatable bonds is 4. The van der Waals surface area contributed by atoms with Crippen molar-refractivity contribution < 1.29 is 4.79 Å². The first-order valence-electron chi connectivity index (χ1n) is 7.68. The maximum Gasteiger partial charge on any atom is 0.223 e. The summed E-state index contributed by atoms with van der Waals surface area (Å²) in [6.07, 6.45) is 3.49. The number of aryl methyl sites for hydroxylation is 1. The van der Waals surface area contributed by atoms with Gasteiger partial charge in [0.15, 0.2) is 5.13 Å². The first-order valence-corrected chi connectivity index (χ1v) is 8.50. The predicted molar refractivity (Wildman–Crippen MR) is 92.5 cm³/mol. The van der Waals surface area contributed by atoms with Crippen molar-refractivity contribution in [3.8, 4) is 0 Å². The summed E-state index contributed by atoms with van der Waals surface area (Å²) in [5.74, 6) is 0.271. The van der Waals surface area contributed by atoms with E-state index in [4.69, 9.17) is 4.98 Å². The highest BCUT2D eigenvalue weighted by atomic mass is 32.1. The van der Waals surface area contributed by atoms with Crippen molar-refractivity contribution in [3.05, 3.63) is 36.4 Å². The molecule has 1 aliphatic heterocycles. The number of nitrogens with zero attached hydrogens (tertiary/aromatic N) is 2. The van der Waals surface area contributed by atoms with Crippen LogP contribution in [0.3, 0.4) is 0 Å². The third kappa shape index (κ3) is 3.14. The molecular weight excluding hydrogens is 294 g/mol. The lowest BCUT2D eigenvalue weighted by Gasteiger charge is -2.30. The molecule has 3 rings (SSSR count). The molecule has 4 nitrogen and oxygen atoms in total. The van der Waals surface area contributed by atoms with E-state index < -0.39 is 0 Å². The summed E-state index contributed by atoms with van der Waals surface area (Å²) in [6, 6.07) is 6.37. The highest BCUT2D eigenvalue weighted by molar-refractivity contribution is 7.22. The van der Waals surface area contributed by atoms with Crippen molar-refractivity contribution in [1.29, 1.82) is 0 Å². The molecule has 1 saturated heterocycles. The van der Waals surface area contributed by atoms with Crippen LogP contribution in [0.25, 0.3) is 10.2 Å². The molecular formula is C17H21N3OS. The van der Waals surface area contributed by atoms with E-state index in [1.165, 1.54) is 10.3 Å². The average molecular weight is 315 g/mol. The average Bonchev–Trinajstić information content (AvgIpc) is 2.95. The quantitative estimate of drug-likeness (QED) is 0.882. The molecule has 1 N–H and O–H groups in total. The Balaban J connectivity index is 1.65. The number of piperidine rings is 1. The van der Waals surface area contributed by atoms with Gasteiger partial charge in [0.25, 0.3) is 0 Å². The number of anilines is 1. The maximum atomic E-state index is 12.0. The summed E-state index contributed by atoms with van der Waals surface area (Å²) in [5, 5.41) is 3.97. The number of hydrogen-bond acceptors (Lipinski definition) is 4. The monoisotopic (exact) mass is 315 g/mol. The van der Waals surface area contributed by atoms with E-state index >= 15 is 0 Å². The highest BCUT2D eigenvalue weighted by Crippen LogP contribution is 2.32. The molecule has 1 aliphatic rings. The Bertz CT molecular complexity index is 686. The van der Waals surface area contributed by atoms with Crippen LogP contribution in [0.5, 0.6) is 0 Å². The molecule has 5 heteroatoms. The summed E-state index contributed by atoms with van der Waals surface area (Å²) in [7, 11) is 0. The third-order valence-corrected chi connectivity index (χ3v) is 5.17. The topological polar surface area (TPSA) is 45.2 Å². The van der Waals surface area contributed by atoms with E-state index in [1.54, 1.807) is 17.4 Å². The van der Waals surface area contributed by atoms with E-state index in [9.17, 15) is 4.79 Å². The van der Waals surface area contributed by atoms with Crippen molar-refractivity contribution in [3.63, 3.8) is 0 Å². The van der Waals surface area contributed by atoms with Gasteiger partial charge < -0.3 is 10.2 Å². The van der Waals surface area contributed by atoms with Gasteiger partial charge in [-0.1, -0.05) is 23.5 Å². The first-order chi connectivity index (χ1) is 10.7. The van der Waals surface area contributed by atoms with Crippen LogP contribution in [0.15, 0.2) is 30.9 Å². The number of nitrogens with one attached hydrogen (secondary N) is 1. The molecule has 0 spiro atoms. The lowest BCUT2D eigenvalue weighted by Crippen LogP contribution is -2.40. The number of aromatic nitrogens is 1. The standard InChI is InChI=1S/C17H21N3OS/c1-3-8-18-16(21)13-6-9-20(10-7-13)17-19-14-5-4-12(2)11-15(14)22-17/h3-5,11,13H,1,6-10H2,2H3,(H,18,21). The van der Waals surface area contributed by atoms with Crippen molar-refractivity contribution in [1.82, 2.24) is 10.3 Å². The minimum atomic E-state index is 0.118. The van der Waals surface area contributed by atoms with Gasteiger partial charge in [0, 0.05) is 25.6 Å². The third-order valence-electron chi connectivity index (χ3n) is 4.09. The molecule has 1 amide bonds. The number of thiazole rings is 1. The molecule has 1 fully saturated rings. The molecule has 0 aliphatic carbocycles. The highest BCUT2D eigenvalue weighted by Gasteiger charge is 2.26. The van der Waals surface area contributed by atoms with Crippen molar-refractivity contribution in [2.24, 2.45) is 5.92 Å². The first kappa shape index (κ1) is 15.0. The minimum Gasteiger partial charge on any atom is -0.352 e. The Labute approximate surface area is 134 Å². The second kappa shape index (κ2) is 6.48. The number of hydrogen-bond donors (Lipinski definition) is 1. The Morgan fingerprint density at radius 3 is 3.00 bits per heavy atom. The molecule has 0 atom stereocenters. The predicted octanol–water partition coefficient (Wildman–Crippen LogP) is 3.12. The summed E-state index contributed by atoms with van der Waals surface area (Å²) >= 11 is 1.74.